The average Bonchev–Trinajstić information content (AvgIpc) is 3.59. The molecule has 0 bridgehead atoms. The maximum Gasteiger partial charge on any atom is 0.251 e. The molecule has 1 aromatic carbocycles. The summed E-state index contributed by atoms with van der Waals surface area (Å²) in [7, 11) is 1.61. The summed E-state index contributed by atoms with van der Waals surface area (Å²) in [4.78, 5) is 22.7. The SMILES string of the molecule is CCC(CC)n1c(Cc2cccs2)nc2cc(C(=O)N[C@H](c3nnc(COC)[nH]3)C(C)C)ccc21. The third-order valence-corrected chi connectivity index (χ3v) is 7.20. The minimum absolute atomic E-state index is 0.123. The second kappa shape index (κ2) is 11.1. The number of imidazole rings is 1. The van der Waals surface area contributed by atoms with Crippen LogP contribution in [0.25, 0.3) is 11.0 Å². The molecule has 186 valence electrons. The van der Waals surface area contributed by atoms with Gasteiger partial charge in [0.2, 0.25) is 0 Å². The van der Waals surface area contributed by atoms with E-state index in [1.54, 1.807) is 18.4 Å². The molecule has 0 fully saturated rings. The number of hydrogen-bond donors (Lipinski definition) is 2. The van der Waals surface area contributed by atoms with Crippen molar-refractivity contribution < 1.29 is 9.53 Å². The van der Waals surface area contributed by atoms with Gasteiger partial charge in [0.25, 0.3) is 5.91 Å². The molecule has 1 amide bonds. The van der Waals surface area contributed by atoms with Gasteiger partial charge in [-0.15, -0.1) is 21.5 Å². The number of hydrogen-bond acceptors (Lipinski definition) is 6. The van der Waals surface area contributed by atoms with Gasteiger partial charge in [0.05, 0.1) is 17.1 Å². The third kappa shape index (κ3) is 5.46. The lowest BCUT2D eigenvalue weighted by Gasteiger charge is -2.20. The number of nitrogens with zero attached hydrogens (tertiary/aromatic N) is 4. The average molecular weight is 495 g/mol. The number of benzene rings is 1. The van der Waals surface area contributed by atoms with Crippen LogP contribution in [0.15, 0.2) is 35.7 Å². The van der Waals surface area contributed by atoms with Gasteiger partial charge in [0, 0.05) is 30.0 Å². The van der Waals surface area contributed by atoms with E-state index in [4.69, 9.17) is 9.72 Å². The highest BCUT2D eigenvalue weighted by molar-refractivity contribution is 7.09. The Bertz CT molecular complexity index is 1260. The van der Waals surface area contributed by atoms with Crippen LogP contribution in [0.3, 0.4) is 0 Å². The first-order valence-corrected chi connectivity index (χ1v) is 13.1. The normalized spacial score (nSPS) is 12.7. The Kier molecular flexibility index (Phi) is 7.97. The van der Waals surface area contributed by atoms with Gasteiger partial charge in [-0.1, -0.05) is 33.8 Å². The van der Waals surface area contributed by atoms with Crippen LogP contribution in [-0.4, -0.2) is 37.7 Å². The van der Waals surface area contributed by atoms with E-state index in [1.807, 2.05) is 32.0 Å². The molecule has 4 rings (SSSR count). The highest BCUT2D eigenvalue weighted by Gasteiger charge is 2.24. The Morgan fingerprint density at radius 2 is 2.00 bits per heavy atom. The van der Waals surface area contributed by atoms with Crippen molar-refractivity contribution in [2.45, 2.75) is 65.6 Å². The number of amides is 1. The molecule has 0 aliphatic rings. The van der Waals surface area contributed by atoms with Crippen molar-refractivity contribution in [3.8, 4) is 0 Å². The number of thiophene rings is 1. The summed E-state index contributed by atoms with van der Waals surface area (Å²) in [6, 6.07) is 10.1. The summed E-state index contributed by atoms with van der Waals surface area (Å²) in [5.74, 6) is 2.26. The van der Waals surface area contributed by atoms with Crippen molar-refractivity contribution in [3.63, 3.8) is 0 Å². The summed E-state index contributed by atoms with van der Waals surface area (Å²) in [6.07, 6.45) is 2.84. The predicted molar refractivity (Wildman–Crippen MR) is 139 cm³/mol. The molecule has 2 N–H and O–H groups in total. The Morgan fingerprint density at radius 3 is 2.66 bits per heavy atom. The highest BCUT2D eigenvalue weighted by Crippen LogP contribution is 2.29. The third-order valence-electron chi connectivity index (χ3n) is 6.32. The Morgan fingerprint density at radius 1 is 1.20 bits per heavy atom. The van der Waals surface area contributed by atoms with E-state index in [1.165, 1.54) is 4.88 Å². The first-order chi connectivity index (χ1) is 16.9. The zero-order valence-electron chi connectivity index (χ0n) is 21.0. The van der Waals surface area contributed by atoms with Gasteiger partial charge in [-0.3, -0.25) is 4.79 Å². The lowest BCUT2D eigenvalue weighted by molar-refractivity contribution is 0.0923. The molecule has 3 heterocycles. The molecular formula is C26H34N6O2S. The number of aromatic nitrogens is 5. The van der Waals surface area contributed by atoms with E-state index in [0.717, 1.165) is 36.1 Å². The first kappa shape index (κ1) is 25.1. The number of methoxy groups -OCH3 is 1. The number of carbonyl (C=O) groups excluding carboxylic acids is 1. The number of carbonyl (C=O) groups is 1. The first-order valence-electron chi connectivity index (χ1n) is 12.2. The number of nitrogens with one attached hydrogen (secondary N) is 2. The number of fused-ring (bicyclic) bond motifs is 1. The van der Waals surface area contributed by atoms with Crippen molar-refractivity contribution in [1.82, 2.24) is 30.0 Å². The zero-order valence-corrected chi connectivity index (χ0v) is 21.9. The molecule has 0 saturated heterocycles. The van der Waals surface area contributed by atoms with Crippen molar-refractivity contribution in [3.05, 3.63) is 63.6 Å². The molecule has 1 atom stereocenters. The lowest BCUT2D eigenvalue weighted by atomic mass is 10.0. The van der Waals surface area contributed by atoms with E-state index >= 15 is 0 Å². The second-order valence-electron chi connectivity index (χ2n) is 9.11. The zero-order chi connectivity index (χ0) is 24.9. The molecule has 0 aliphatic carbocycles. The molecule has 0 saturated carbocycles. The summed E-state index contributed by atoms with van der Waals surface area (Å²) >= 11 is 1.74. The summed E-state index contributed by atoms with van der Waals surface area (Å²) in [5.41, 5.74) is 2.50. The van der Waals surface area contributed by atoms with E-state index in [-0.39, 0.29) is 17.9 Å². The molecule has 35 heavy (non-hydrogen) atoms. The molecule has 8 nitrogen and oxygen atoms in total. The number of H-pyrrole nitrogens is 1. The molecule has 0 aliphatic heterocycles. The fraction of sp³-hybridized carbons (Fsp3) is 0.462. The van der Waals surface area contributed by atoms with Crippen molar-refractivity contribution in [2.75, 3.05) is 7.11 Å². The van der Waals surface area contributed by atoms with E-state index in [9.17, 15) is 4.79 Å². The fourth-order valence-corrected chi connectivity index (χ4v) is 5.18. The molecule has 4 aromatic rings. The van der Waals surface area contributed by atoms with Gasteiger partial charge in [0.1, 0.15) is 12.4 Å². The van der Waals surface area contributed by atoms with Crippen LogP contribution >= 0.6 is 11.3 Å². The van der Waals surface area contributed by atoms with Crippen LogP contribution in [0.4, 0.5) is 0 Å². The molecule has 3 aromatic heterocycles. The van der Waals surface area contributed by atoms with Crippen molar-refractivity contribution in [2.24, 2.45) is 5.92 Å². The minimum atomic E-state index is -0.298. The highest BCUT2D eigenvalue weighted by atomic mass is 32.1. The van der Waals surface area contributed by atoms with Gasteiger partial charge in [-0.25, -0.2) is 4.98 Å². The van der Waals surface area contributed by atoms with Crippen LogP contribution < -0.4 is 5.32 Å². The van der Waals surface area contributed by atoms with Gasteiger partial charge < -0.3 is 19.6 Å². The van der Waals surface area contributed by atoms with Gasteiger partial charge in [-0.2, -0.15) is 0 Å². The standard InChI is InChI=1S/C26H34N6O2S/c1-6-18(7-2)32-21-11-10-17(13-20(21)27-23(32)14-19-9-8-12-35-19)26(33)29-24(16(3)4)25-28-22(15-34-5)30-31-25/h8-13,16,18,24H,6-7,14-15H2,1-5H3,(H,29,33)(H,28,30,31)/t24-/m0/s1. The van der Waals surface area contributed by atoms with Gasteiger partial charge in [-0.05, 0) is 48.4 Å². The molecule has 9 heteroatoms. The van der Waals surface area contributed by atoms with Crippen LogP contribution in [0.5, 0.6) is 0 Å². The molecule has 0 unspecified atom stereocenters. The van der Waals surface area contributed by atoms with Crippen LogP contribution in [0, 0.1) is 5.92 Å². The molecule has 0 radical (unpaired) electrons. The van der Waals surface area contributed by atoms with E-state index in [2.05, 4.69) is 56.4 Å². The van der Waals surface area contributed by atoms with Crippen LogP contribution in [-0.2, 0) is 17.8 Å². The van der Waals surface area contributed by atoms with E-state index in [0.29, 0.717) is 29.9 Å². The minimum Gasteiger partial charge on any atom is -0.377 e. The lowest BCUT2D eigenvalue weighted by Crippen LogP contribution is -2.32. The number of rotatable bonds is 11. The number of aromatic amines is 1. The fourth-order valence-electron chi connectivity index (χ4n) is 4.47. The maximum atomic E-state index is 13.3. The summed E-state index contributed by atoms with van der Waals surface area (Å²) < 4.78 is 7.48. The largest absolute Gasteiger partial charge is 0.377 e. The summed E-state index contributed by atoms with van der Waals surface area (Å²) in [5, 5.41) is 13.6. The van der Waals surface area contributed by atoms with E-state index < -0.39 is 0 Å². The Labute approximate surface area is 210 Å². The van der Waals surface area contributed by atoms with Gasteiger partial charge >= 0.3 is 0 Å². The Balaban J connectivity index is 1.64. The number of ether oxygens (including phenoxy) is 1. The second-order valence-corrected chi connectivity index (χ2v) is 10.1. The quantitative estimate of drug-likeness (QED) is 0.289. The van der Waals surface area contributed by atoms with Crippen LogP contribution in [0.1, 0.15) is 85.3 Å². The summed E-state index contributed by atoms with van der Waals surface area (Å²) in [6.45, 7) is 8.85. The Hall–Kier alpha value is -3.04. The molecule has 0 spiro atoms. The van der Waals surface area contributed by atoms with Gasteiger partial charge in [0.15, 0.2) is 11.6 Å². The van der Waals surface area contributed by atoms with Crippen molar-refractivity contribution >= 4 is 28.3 Å². The van der Waals surface area contributed by atoms with Crippen LogP contribution in [0.2, 0.25) is 0 Å². The predicted octanol–water partition coefficient (Wildman–Crippen LogP) is 5.44. The maximum absolute atomic E-state index is 13.3. The smallest absolute Gasteiger partial charge is 0.251 e. The molecular weight excluding hydrogens is 460 g/mol. The van der Waals surface area contributed by atoms with Crippen molar-refractivity contribution in [1.29, 1.82) is 0 Å². The topological polar surface area (TPSA) is 97.7 Å². The monoisotopic (exact) mass is 494 g/mol.